The van der Waals surface area contributed by atoms with Crippen LogP contribution in [0.2, 0.25) is 0 Å². The van der Waals surface area contributed by atoms with E-state index < -0.39 is 11.5 Å². The molecular weight excluding hydrogens is 366 g/mol. The molecule has 0 fully saturated rings. The Hall–Kier alpha value is -3.59. The summed E-state index contributed by atoms with van der Waals surface area (Å²) in [6, 6.07) is 11.1. The van der Waals surface area contributed by atoms with Gasteiger partial charge in [0.1, 0.15) is 5.69 Å². The molecule has 3 aromatic heterocycles. The zero-order chi connectivity index (χ0) is 19.0. The molecule has 9 heteroatoms. The molecular formula is C18H13N5O3S. The van der Waals surface area contributed by atoms with Crippen LogP contribution in [0.5, 0.6) is 0 Å². The van der Waals surface area contributed by atoms with Crippen molar-refractivity contribution >= 4 is 27.9 Å². The van der Waals surface area contributed by atoms with Crippen LogP contribution < -0.4 is 16.4 Å². The quantitative estimate of drug-likeness (QED) is 0.566. The standard InChI is InChI=1S/C18H13N5O3S/c1-10-9-27-18-21-17(26)15(22-23(10)18)11-5-2-3-6-12(11)20-16(25)13-7-4-8-14(24)19-13/h2-9H,1H3,(H,19,24)(H,20,25). The molecule has 4 aromatic rings. The minimum absolute atomic E-state index is 0.115. The van der Waals surface area contributed by atoms with Gasteiger partial charge in [0.05, 0.1) is 11.4 Å². The van der Waals surface area contributed by atoms with Crippen molar-refractivity contribution in [2.24, 2.45) is 0 Å². The van der Waals surface area contributed by atoms with E-state index in [2.05, 4.69) is 20.4 Å². The zero-order valence-electron chi connectivity index (χ0n) is 14.1. The number of aromatic nitrogens is 4. The van der Waals surface area contributed by atoms with E-state index in [9.17, 15) is 14.4 Å². The average molecular weight is 379 g/mol. The van der Waals surface area contributed by atoms with Crippen LogP contribution in [0.4, 0.5) is 5.69 Å². The lowest BCUT2D eigenvalue weighted by Crippen LogP contribution is -2.20. The zero-order valence-corrected chi connectivity index (χ0v) is 14.9. The summed E-state index contributed by atoms with van der Waals surface area (Å²) in [5.74, 6) is -0.499. The lowest BCUT2D eigenvalue weighted by Gasteiger charge is -2.10. The van der Waals surface area contributed by atoms with Crippen LogP contribution >= 0.6 is 11.3 Å². The van der Waals surface area contributed by atoms with Crippen LogP contribution in [0, 0.1) is 6.92 Å². The molecule has 0 atom stereocenters. The van der Waals surface area contributed by atoms with Gasteiger partial charge < -0.3 is 10.3 Å². The predicted octanol–water partition coefficient (Wildman–Crippen LogP) is 2.07. The van der Waals surface area contributed by atoms with Gasteiger partial charge in [-0.15, -0.1) is 11.3 Å². The van der Waals surface area contributed by atoms with E-state index >= 15 is 0 Å². The Balaban J connectivity index is 1.79. The summed E-state index contributed by atoms with van der Waals surface area (Å²) in [7, 11) is 0. The number of H-pyrrole nitrogens is 1. The Bertz CT molecular complexity index is 1290. The highest BCUT2D eigenvalue weighted by Crippen LogP contribution is 2.25. The van der Waals surface area contributed by atoms with Gasteiger partial charge in [-0.2, -0.15) is 10.1 Å². The molecule has 1 amide bonds. The number of carbonyl (C=O) groups excluding carboxylic acids is 1. The summed E-state index contributed by atoms with van der Waals surface area (Å²) in [6.45, 7) is 1.87. The van der Waals surface area contributed by atoms with Gasteiger partial charge in [-0.25, -0.2) is 4.52 Å². The van der Waals surface area contributed by atoms with Crippen molar-refractivity contribution in [3.8, 4) is 11.3 Å². The highest BCUT2D eigenvalue weighted by Gasteiger charge is 2.16. The monoisotopic (exact) mass is 379 g/mol. The minimum atomic E-state index is -0.499. The van der Waals surface area contributed by atoms with Gasteiger partial charge in [-0.05, 0) is 19.1 Å². The van der Waals surface area contributed by atoms with Gasteiger partial charge in [0.2, 0.25) is 10.5 Å². The molecule has 0 aliphatic heterocycles. The number of nitrogens with one attached hydrogen (secondary N) is 2. The first-order valence-corrected chi connectivity index (χ1v) is 8.86. The lowest BCUT2D eigenvalue weighted by molar-refractivity contribution is 0.102. The number of amides is 1. The van der Waals surface area contributed by atoms with E-state index in [-0.39, 0.29) is 16.9 Å². The average Bonchev–Trinajstić information content (AvgIpc) is 3.01. The maximum Gasteiger partial charge on any atom is 0.300 e. The van der Waals surface area contributed by atoms with Crippen LogP contribution in [0.3, 0.4) is 0 Å². The van der Waals surface area contributed by atoms with Crippen LogP contribution in [-0.2, 0) is 0 Å². The van der Waals surface area contributed by atoms with Crippen LogP contribution in [-0.4, -0.2) is 25.5 Å². The molecule has 27 heavy (non-hydrogen) atoms. The van der Waals surface area contributed by atoms with Crippen molar-refractivity contribution in [1.29, 1.82) is 0 Å². The number of carbonyl (C=O) groups is 1. The second-order valence-corrected chi connectivity index (χ2v) is 6.60. The van der Waals surface area contributed by atoms with Crippen molar-refractivity contribution in [2.45, 2.75) is 6.92 Å². The predicted molar refractivity (Wildman–Crippen MR) is 102 cm³/mol. The number of hydrogen-bond acceptors (Lipinski definition) is 6. The Labute approximate surface area is 156 Å². The molecule has 4 rings (SSSR count). The van der Waals surface area contributed by atoms with E-state index in [1.165, 1.54) is 29.5 Å². The third-order valence-corrected chi connectivity index (χ3v) is 4.83. The molecule has 0 spiro atoms. The van der Waals surface area contributed by atoms with Gasteiger partial charge in [0.15, 0.2) is 5.69 Å². The first-order valence-electron chi connectivity index (χ1n) is 7.98. The van der Waals surface area contributed by atoms with E-state index in [0.29, 0.717) is 16.2 Å². The maximum absolute atomic E-state index is 12.5. The van der Waals surface area contributed by atoms with Crippen molar-refractivity contribution in [2.75, 3.05) is 5.32 Å². The Morgan fingerprint density at radius 1 is 1.15 bits per heavy atom. The molecule has 0 aliphatic carbocycles. The van der Waals surface area contributed by atoms with E-state index in [4.69, 9.17) is 0 Å². The number of aromatic amines is 1. The molecule has 1 aromatic carbocycles. The number of benzene rings is 1. The SMILES string of the molecule is Cc1csc2nc(=O)c(-c3ccccc3NC(=O)c3cccc(=O)[nH]3)nn12. The first kappa shape index (κ1) is 16.9. The summed E-state index contributed by atoms with van der Waals surface area (Å²) >= 11 is 1.33. The second-order valence-electron chi connectivity index (χ2n) is 5.77. The van der Waals surface area contributed by atoms with Gasteiger partial charge in [-0.1, -0.05) is 24.3 Å². The fourth-order valence-electron chi connectivity index (χ4n) is 2.60. The molecule has 0 saturated heterocycles. The minimum Gasteiger partial charge on any atom is -0.320 e. The van der Waals surface area contributed by atoms with Crippen molar-refractivity contribution in [3.63, 3.8) is 0 Å². The normalized spacial score (nSPS) is 10.9. The highest BCUT2D eigenvalue weighted by atomic mass is 32.1. The largest absolute Gasteiger partial charge is 0.320 e. The van der Waals surface area contributed by atoms with Crippen LogP contribution in [0.25, 0.3) is 16.2 Å². The molecule has 0 bridgehead atoms. The number of rotatable bonds is 3. The van der Waals surface area contributed by atoms with Gasteiger partial charge in [0, 0.05) is 17.0 Å². The topological polar surface area (TPSA) is 109 Å². The molecule has 0 radical (unpaired) electrons. The van der Waals surface area contributed by atoms with Crippen molar-refractivity contribution in [1.82, 2.24) is 19.6 Å². The summed E-state index contributed by atoms with van der Waals surface area (Å²) in [6.07, 6.45) is 0. The number of pyridine rings is 1. The number of fused-ring (bicyclic) bond motifs is 1. The third-order valence-electron chi connectivity index (χ3n) is 3.89. The first-order chi connectivity index (χ1) is 13.0. The molecule has 0 aliphatic rings. The molecule has 0 unspecified atom stereocenters. The van der Waals surface area contributed by atoms with E-state index in [1.54, 1.807) is 28.8 Å². The molecule has 2 N–H and O–H groups in total. The molecule has 134 valence electrons. The number of para-hydroxylation sites is 1. The summed E-state index contributed by atoms with van der Waals surface area (Å²) < 4.78 is 1.59. The molecule has 0 saturated carbocycles. The Morgan fingerprint density at radius 2 is 1.96 bits per heavy atom. The fraction of sp³-hybridized carbons (Fsp3) is 0.0556. The number of hydrogen-bond donors (Lipinski definition) is 2. The van der Waals surface area contributed by atoms with Crippen LogP contribution in [0.15, 0.2) is 57.4 Å². The van der Waals surface area contributed by atoms with Gasteiger partial charge in [0.25, 0.3) is 5.91 Å². The van der Waals surface area contributed by atoms with Crippen molar-refractivity contribution in [3.05, 3.63) is 79.9 Å². The van der Waals surface area contributed by atoms with Gasteiger partial charge >= 0.3 is 5.56 Å². The number of aryl methyl sites for hydroxylation is 1. The summed E-state index contributed by atoms with van der Waals surface area (Å²) in [5.41, 5.74) is 1.08. The fourth-order valence-corrected chi connectivity index (χ4v) is 3.40. The van der Waals surface area contributed by atoms with Crippen molar-refractivity contribution < 1.29 is 4.79 Å². The van der Waals surface area contributed by atoms with Crippen LogP contribution in [0.1, 0.15) is 16.2 Å². The number of anilines is 1. The molecule has 8 nitrogen and oxygen atoms in total. The maximum atomic E-state index is 12.5. The Morgan fingerprint density at radius 3 is 2.78 bits per heavy atom. The second kappa shape index (κ2) is 6.61. The summed E-state index contributed by atoms with van der Waals surface area (Å²) in [4.78, 5) is 43.4. The Kier molecular flexibility index (Phi) is 4.13. The summed E-state index contributed by atoms with van der Waals surface area (Å²) in [5, 5.41) is 8.98. The third kappa shape index (κ3) is 3.15. The van der Waals surface area contributed by atoms with Gasteiger partial charge in [-0.3, -0.25) is 14.4 Å². The number of nitrogens with zero attached hydrogens (tertiary/aromatic N) is 3. The smallest absolute Gasteiger partial charge is 0.300 e. The van der Waals surface area contributed by atoms with E-state index in [1.807, 2.05) is 12.3 Å². The number of thiazole rings is 1. The highest BCUT2D eigenvalue weighted by molar-refractivity contribution is 7.15. The lowest BCUT2D eigenvalue weighted by atomic mass is 10.1. The van der Waals surface area contributed by atoms with E-state index in [0.717, 1.165) is 5.69 Å². The molecule has 3 heterocycles.